The summed E-state index contributed by atoms with van der Waals surface area (Å²) in [4.78, 5) is 15.6. The number of hydrogen-bond donors (Lipinski definition) is 1. The van der Waals surface area contributed by atoms with Crippen LogP contribution in [-0.2, 0) is 0 Å². The normalized spacial score (nSPS) is 21.6. The number of imidazole rings is 1. The summed E-state index contributed by atoms with van der Waals surface area (Å²) in [7, 11) is 0. The average molecular weight is 252 g/mol. The number of nitrogens with one attached hydrogen (secondary N) is 1. The first-order valence-corrected chi connectivity index (χ1v) is 6.23. The van der Waals surface area contributed by atoms with Gasteiger partial charge < -0.3 is 15.4 Å². The third-order valence-electron chi connectivity index (χ3n) is 3.23. The van der Waals surface area contributed by atoms with Crippen LogP contribution in [0.1, 0.15) is 20.3 Å². The van der Waals surface area contributed by atoms with Crippen molar-refractivity contribution in [1.82, 2.24) is 9.38 Å². The van der Waals surface area contributed by atoms with E-state index in [1.54, 1.807) is 11.6 Å². The van der Waals surface area contributed by atoms with E-state index in [2.05, 4.69) is 24.1 Å². The van der Waals surface area contributed by atoms with E-state index < -0.39 is 0 Å². The van der Waals surface area contributed by atoms with Crippen molar-refractivity contribution in [2.24, 2.45) is 5.41 Å². The molecule has 1 fully saturated rings. The molecule has 2 heterocycles. The van der Waals surface area contributed by atoms with Crippen molar-refractivity contribution >= 4 is 27.9 Å². The van der Waals surface area contributed by atoms with Gasteiger partial charge in [0.05, 0.1) is 0 Å². The quantitative estimate of drug-likeness (QED) is 0.673. The highest BCUT2D eigenvalue weighted by Crippen LogP contribution is 2.47. The molecule has 17 heavy (non-hydrogen) atoms. The molecule has 1 unspecified atom stereocenters. The summed E-state index contributed by atoms with van der Waals surface area (Å²) in [5.74, 6) is 0.418. The summed E-state index contributed by atoms with van der Waals surface area (Å²) in [6.45, 7) is 4.27. The minimum Gasteiger partial charge on any atom is -0.360 e. The molecule has 0 radical (unpaired) electrons. The molecule has 1 aliphatic rings. The SMILES string of the molecule is CC1(C)CC1Nc1nc2sccn2c1[N+](=O)[O-]. The summed E-state index contributed by atoms with van der Waals surface area (Å²) in [5.41, 5.74) is 0.213. The van der Waals surface area contributed by atoms with Crippen LogP contribution in [0, 0.1) is 15.5 Å². The lowest BCUT2D eigenvalue weighted by molar-refractivity contribution is -0.389. The molecule has 90 valence electrons. The van der Waals surface area contributed by atoms with E-state index >= 15 is 0 Å². The number of fused-ring (bicyclic) bond motifs is 1. The fourth-order valence-corrected chi connectivity index (χ4v) is 2.63. The van der Waals surface area contributed by atoms with Gasteiger partial charge in [-0.25, -0.2) is 0 Å². The second-order valence-electron chi connectivity index (χ2n) is 4.99. The highest BCUT2D eigenvalue weighted by Gasteiger charge is 2.47. The van der Waals surface area contributed by atoms with Gasteiger partial charge in [0.1, 0.15) is 6.20 Å². The molecule has 2 aromatic heterocycles. The van der Waals surface area contributed by atoms with Crippen LogP contribution in [0.2, 0.25) is 0 Å². The third kappa shape index (κ3) is 1.57. The molecule has 1 aliphatic carbocycles. The van der Waals surface area contributed by atoms with Gasteiger partial charge in [-0.1, -0.05) is 25.2 Å². The molecule has 0 bridgehead atoms. The topological polar surface area (TPSA) is 72.5 Å². The van der Waals surface area contributed by atoms with E-state index in [0.717, 1.165) is 6.42 Å². The van der Waals surface area contributed by atoms with Crippen molar-refractivity contribution in [2.75, 3.05) is 5.32 Å². The minimum atomic E-state index is -0.384. The van der Waals surface area contributed by atoms with E-state index in [9.17, 15) is 10.1 Å². The van der Waals surface area contributed by atoms with E-state index in [1.165, 1.54) is 15.7 Å². The fraction of sp³-hybridized carbons (Fsp3) is 0.500. The molecule has 1 atom stereocenters. The molecule has 2 aromatic rings. The smallest absolute Gasteiger partial charge is 0.360 e. The van der Waals surface area contributed by atoms with Crippen molar-refractivity contribution in [3.05, 3.63) is 21.7 Å². The van der Waals surface area contributed by atoms with Crippen molar-refractivity contribution in [3.8, 4) is 0 Å². The molecule has 0 aliphatic heterocycles. The Balaban J connectivity index is 2.00. The van der Waals surface area contributed by atoms with Crippen LogP contribution in [-0.4, -0.2) is 20.3 Å². The molecule has 1 saturated carbocycles. The zero-order chi connectivity index (χ0) is 12.2. The number of aromatic nitrogens is 2. The Hall–Kier alpha value is -1.63. The highest BCUT2D eigenvalue weighted by atomic mass is 32.1. The first-order valence-electron chi connectivity index (χ1n) is 5.35. The number of anilines is 1. The van der Waals surface area contributed by atoms with Gasteiger partial charge in [-0.2, -0.15) is 9.38 Å². The number of nitrogens with zero attached hydrogens (tertiary/aromatic N) is 3. The first kappa shape index (κ1) is 10.5. The van der Waals surface area contributed by atoms with Crippen molar-refractivity contribution in [2.45, 2.75) is 26.3 Å². The molecule has 0 aromatic carbocycles. The Bertz CT molecular complexity index is 600. The van der Waals surface area contributed by atoms with Crippen molar-refractivity contribution in [3.63, 3.8) is 0 Å². The molecule has 0 spiro atoms. The van der Waals surface area contributed by atoms with Crippen molar-refractivity contribution in [1.29, 1.82) is 0 Å². The van der Waals surface area contributed by atoms with Crippen LogP contribution >= 0.6 is 11.3 Å². The number of thiazole rings is 1. The fourth-order valence-electron chi connectivity index (χ4n) is 1.92. The number of rotatable bonds is 3. The van der Waals surface area contributed by atoms with Gasteiger partial charge in [-0.3, -0.25) is 0 Å². The van der Waals surface area contributed by atoms with Gasteiger partial charge in [-0.05, 0) is 16.8 Å². The summed E-state index contributed by atoms with van der Waals surface area (Å²) < 4.78 is 1.52. The van der Waals surface area contributed by atoms with E-state index in [4.69, 9.17) is 0 Å². The maximum atomic E-state index is 11.1. The lowest BCUT2D eigenvalue weighted by atomic mass is 10.2. The van der Waals surface area contributed by atoms with E-state index in [-0.39, 0.29) is 22.2 Å². The van der Waals surface area contributed by atoms with Crippen LogP contribution in [0.4, 0.5) is 11.6 Å². The lowest BCUT2D eigenvalue weighted by Gasteiger charge is -2.04. The summed E-state index contributed by atoms with van der Waals surface area (Å²) in [5, 5.41) is 16.0. The zero-order valence-electron chi connectivity index (χ0n) is 9.51. The van der Waals surface area contributed by atoms with Gasteiger partial charge in [0.25, 0.3) is 4.96 Å². The predicted molar refractivity (Wildman–Crippen MR) is 65.5 cm³/mol. The molecule has 1 N–H and O–H groups in total. The molecular formula is C10H12N4O2S. The Labute approximate surface area is 101 Å². The van der Waals surface area contributed by atoms with Gasteiger partial charge >= 0.3 is 5.82 Å². The second-order valence-corrected chi connectivity index (χ2v) is 5.86. The summed E-state index contributed by atoms with van der Waals surface area (Å²) >= 11 is 1.39. The van der Waals surface area contributed by atoms with Crippen LogP contribution in [0.15, 0.2) is 11.6 Å². The summed E-state index contributed by atoms with van der Waals surface area (Å²) in [6, 6.07) is 0.283. The maximum Gasteiger partial charge on any atom is 0.372 e. The molecule has 0 amide bonds. The third-order valence-corrected chi connectivity index (χ3v) is 3.99. The number of hydrogen-bond acceptors (Lipinski definition) is 5. The van der Waals surface area contributed by atoms with Gasteiger partial charge in [0.2, 0.25) is 5.82 Å². The first-order chi connectivity index (χ1) is 7.99. The Morgan fingerprint density at radius 2 is 2.41 bits per heavy atom. The molecule has 7 heteroatoms. The zero-order valence-corrected chi connectivity index (χ0v) is 10.3. The standard InChI is InChI=1S/C10H12N4O2S/c1-10(2)5-6(10)11-7-8(14(15)16)13-3-4-17-9(13)12-7/h3-4,6,11H,5H2,1-2H3. The van der Waals surface area contributed by atoms with Crippen LogP contribution in [0.5, 0.6) is 0 Å². The molecule has 3 rings (SSSR count). The Kier molecular flexibility index (Phi) is 1.97. The molecular weight excluding hydrogens is 240 g/mol. The molecule has 6 nitrogen and oxygen atoms in total. The Morgan fingerprint density at radius 3 is 3.00 bits per heavy atom. The van der Waals surface area contributed by atoms with Crippen LogP contribution in [0.25, 0.3) is 4.96 Å². The van der Waals surface area contributed by atoms with Gasteiger partial charge in [0, 0.05) is 11.4 Å². The minimum absolute atomic E-state index is 0.0314. The maximum absolute atomic E-state index is 11.1. The van der Waals surface area contributed by atoms with E-state index in [1.807, 2.05) is 0 Å². The second kappa shape index (κ2) is 3.19. The lowest BCUT2D eigenvalue weighted by Crippen LogP contribution is -2.10. The van der Waals surface area contributed by atoms with Gasteiger partial charge in [0.15, 0.2) is 0 Å². The average Bonchev–Trinajstić information content (AvgIpc) is 2.62. The molecule has 0 saturated heterocycles. The summed E-state index contributed by atoms with van der Waals surface area (Å²) in [6.07, 6.45) is 2.70. The van der Waals surface area contributed by atoms with E-state index in [0.29, 0.717) is 10.8 Å². The Morgan fingerprint density at radius 1 is 1.71 bits per heavy atom. The largest absolute Gasteiger partial charge is 0.372 e. The number of nitro groups is 1. The van der Waals surface area contributed by atoms with Crippen LogP contribution < -0.4 is 5.32 Å². The predicted octanol–water partition coefficient (Wildman–Crippen LogP) is 2.51. The monoisotopic (exact) mass is 252 g/mol. The highest BCUT2D eigenvalue weighted by molar-refractivity contribution is 7.15. The van der Waals surface area contributed by atoms with Crippen molar-refractivity contribution < 1.29 is 4.92 Å². The van der Waals surface area contributed by atoms with Gasteiger partial charge in [-0.15, -0.1) is 0 Å². The van der Waals surface area contributed by atoms with Crippen LogP contribution in [0.3, 0.4) is 0 Å².